The maximum atomic E-state index is 11.4. The standard InChI is InChI=1S/C9H7BrClNO4/c1-16-9-3-6(10)7(12(14)15)2-5(9)8(13)4-11/h2-3H,4H2,1H3. The van der Waals surface area contributed by atoms with Gasteiger partial charge in [-0.3, -0.25) is 14.9 Å². The van der Waals surface area contributed by atoms with Crippen LogP contribution in [-0.4, -0.2) is 23.7 Å². The van der Waals surface area contributed by atoms with Crippen molar-refractivity contribution < 1.29 is 14.5 Å². The Hall–Kier alpha value is -1.14. The first kappa shape index (κ1) is 12.9. The number of carbonyl (C=O) groups excluding carboxylic acids is 1. The van der Waals surface area contributed by atoms with Crippen LogP contribution in [0.1, 0.15) is 10.4 Å². The number of nitrogens with zero attached hydrogens (tertiary/aromatic N) is 1. The average Bonchev–Trinajstić information content (AvgIpc) is 2.27. The summed E-state index contributed by atoms with van der Waals surface area (Å²) in [5.74, 6) is -0.424. The zero-order valence-electron chi connectivity index (χ0n) is 8.20. The molecule has 5 nitrogen and oxygen atoms in total. The number of ketones is 1. The summed E-state index contributed by atoms with van der Waals surface area (Å²) in [7, 11) is 1.37. The summed E-state index contributed by atoms with van der Waals surface area (Å²) in [6, 6.07) is 2.52. The molecule has 0 radical (unpaired) electrons. The van der Waals surface area contributed by atoms with Gasteiger partial charge in [0.05, 0.1) is 27.9 Å². The van der Waals surface area contributed by atoms with Crippen molar-refractivity contribution >= 4 is 39.0 Å². The van der Waals surface area contributed by atoms with Gasteiger partial charge in [0.25, 0.3) is 5.69 Å². The molecule has 0 fully saturated rings. The zero-order valence-corrected chi connectivity index (χ0v) is 10.5. The first-order chi connectivity index (χ1) is 7.51. The normalized spacial score (nSPS) is 9.94. The minimum atomic E-state index is -0.589. The lowest BCUT2D eigenvalue weighted by Gasteiger charge is -2.07. The molecule has 0 N–H and O–H groups in total. The first-order valence-corrected chi connectivity index (χ1v) is 5.45. The predicted octanol–water partition coefficient (Wildman–Crippen LogP) is 2.79. The van der Waals surface area contributed by atoms with Gasteiger partial charge in [0, 0.05) is 12.1 Å². The molecule has 0 saturated heterocycles. The van der Waals surface area contributed by atoms with Gasteiger partial charge in [0.15, 0.2) is 5.78 Å². The monoisotopic (exact) mass is 307 g/mol. The Bertz CT molecular complexity index is 449. The molecule has 0 aliphatic carbocycles. The van der Waals surface area contributed by atoms with E-state index in [1.54, 1.807) is 0 Å². The quantitative estimate of drug-likeness (QED) is 0.371. The van der Waals surface area contributed by atoms with Crippen LogP contribution in [0.3, 0.4) is 0 Å². The molecular formula is C9H7BrClNO4. The minimum absolute atomic E-state index is 0.104. The number of benzene rings is 1. The number of ether oxygens (including phenoxy) is 1. The molecule has 1 rings (SSSR count). The van der Waals surface area contributed by atoms with Crippen molar-refractivity contribution in [1.29, 1.82) is 0 Å². The number of methoxy groups -OCH3 is 1. The second kappa shape index (κ2) is 5.27. The number of carbonyl (C=O) groups is 1. The van der Waals surface area contributed by atoms with Gasteiger partial charge in [-0.1, -0.05) is 0 Å². The minimum Gasteiger partial charge on any atom is -0.496 e. The van der Waals surface area contributed by atoms with E-state index < -0.39 is 10.7 Å². The number of nitro groups is 1. The van der Waals surface area contributed by atoms with Crippen molar-refractivity contribution in [1.82, 2.24) is 0 Å². The lowest BCUT2D eigenvalue weighted by molar-refractivity contribution is -0.385. The fraction of sp³-hybridized carbons (Fsp3) is 0.222. The van der Waals surface area contributed by atoms with Crippen LogP contribution in [0.4, 0.5) is 5.69 Å². The second-order valence-corrected chi connectivity index (χ2v) is 3.94. The summed E-state index contributed by atoms with van der Waals surface area (Å²) in [6.45, 7) is 0. The van der Waals surface area contributed by atoms with Gasteiger partial charge in [-0.2, -0.15) is 0 Å². The van der Waals surface area contributed by atoms with Gasteiger partial charge in [-0.25, -0.2) is 0 Å². The predicted molar refractivity (Wildman–Crippen MR) is 62.4 cm³/mol. The SMILES string of the molecule is COc1cc(Br)c([N+](=O)[O-])cc1C(=O)CCl. The first-order valence-electron chi connectivity index (χ1n) is 4.12. The van der Waals surface area contributed by atoms with Crippen molar-refractivity contribution in [3.8, 4) is 5.75 Å². The molecule has 0 spiro atoms. The maximum absolute atomic E-state index is 11.4. The van der Waals surface area contributed by atoms with Gasteiger partial charge in [-0.15, -0.1) is 11.6 Å². The third-order valence-electron chi connectivity index (χ3n) is 1.89. The lowest BCUT2D eigenvalue weighted by atomic mass is 10.1. The van der Waals surface area contributed by atoms with E-state index in [4.69, 9.17) is 16.3 Å². The molecular weight excluding hydrogens is 301 g/mol. The van der Waals surface area contributed by atoms with Gasteiger partial charge in [0.1, 0.15) is 5.75 Å². The van der Waals surface area contributed by atoms with Crippen molar-refractivity contribution in [3.05, 3.63) is 32.3 Å². The Labute approximate surface area is 105 Å². The Morgan fingerprint density at radius 3 is 2.69 bits per heavy atom. The molecule has 1 aromatic carbocycles. The van der Waals surface area contributed by atoms with Crippen LogP contribution < -0.4 is 4.74 Å². The van der Waals surface area contributed by atoms with E-state index in [-0.39, 0.29) is 27.4 Å². The van der Waals surface area contributed by atoms with Gasteiger partial charge < -0.3 is 4.74 Å². The number of rotatable bonds is 4. The number of hydrogen-bond acceptors (Lipinski definition) is 4. The van der Waals surface area contributed by atoms with E-state index in [0.717, 1.165) is 6.07 Å². The Kier molecular flexibility index (Phi) is 4.26. The summed E-state index contributed by atoms with van der Waals surface area (Å²) in [5.41, 5.74) is -0.0957. The number of Topliss-reactive ketones (excluding diaryl/α,β-unsaturated/α-hetero) is 1. The van der Waals surface area contributed by atoms with Crippen molar-refractivity contribution in [2.45, 2.75) is 0 Å². The lowest BCUT2D eigenvalue weighted by Crippen LogP contribution is -2.05. The highest BCUT2D eigenvalue weighted by atomic mass is 79.9. The highest BCUT2D eigenvalue weighted by molar-refractivity contribution is 9.10. The molecule has 86 valence electrons. The van der Waals surface area contributed by atoms with Crippen LogP contribution in [-0.2, 0) is 0 Å². The molecule has 7 heteroatoms. The molecule has 0 aromatic heterocycles. The van der Waals surface area contributed by atoms with Gasteiger partial charge in [-0.05, 0) is 15.9 Å². The highest BCUT2D eigenvalue weighted by Crippen LogP contribution is 2.32. The highest BCUT2D eigenvalue weighted by Gasteiger charge is 2.20. The summed E-state index contributed by atoms with van der Waals surface area (Å²) in [4.78, 5) is 21.5. The molecule has 0 bridgehead atoms. The second-order valence-electron chi connectivity index (χ2n) is 2.82. The maximum Gasteiger partial charge on any atom is 0.284 e. The van der Waals surface area contributed by atoms with Crippen LogP contribution in [0.2, 0.25) is 0 Å². The Morgan fingerprint density at radius 1 is 1.62 bits per heavy atom. The summed E-state index contributed by atoms with van der Waals surface area (Å²) < 4.78 is 5.20. The summed E-state index contributed by atoms with van der Waals surface area (Å²) in [6.07, 6.45) is 0. The summed E-state index contributed by atoms with van der Waals surface area (Å²) >= 11 is 8.43. The fourth-order valence-electron chi connectivity index (χ4n) is 1.14. The van der Waals surface area contributed by atoms with Crippen LogP contribution in [0.5, 0.6) is 5.75 Å². The molecule has 0 saturated carbocycles. The molecule has 0 heterocycles. The molecule has 0 aliphatic heterocycles. The number of alkyl halides is 1. The van der Waals surface area contributed by atoms with E-state index >= 15 is 0 Å². The van der Waals surface area contributed by atoms with Crippen LogP contribution in [0.15, 0.2) is 16.6 Å². The third kappa shape index (κ3) is 2.51. The van der Waals surface area contributed by atoms with E-state index in [2.05, 4.69) is 15.9 Å². The van der Waals surface area contributed by atoms with E-state index in [0.29, 0.717) is 0 Å². The van der Waals surface area contributed by atoms with Gasteiger partial charge >= 0.3 is 0 Å². The van der Waals surface area contributed by atoms with Crippen LogP contribution in [0, 0.1) is 10.1 Å². The van der Waals surface area contributed by atoms with Crippen LogP contribution >= 0.6 is 27.5 Å². The summed E-state index contributed by atoms with van der Waals surface area (Å²) in [5, 5.41) is 10.7. The van der Waals surface area contributed by atoms with Crippen molar-refractivity contribution in [3.63, 3.8) is 0 Å². The van der Waals surface area contributed by atoms with Crippen molar-refractivity contribution in [2.75, 3.05) is 13.0 Å². The molecule has 0 unspecified atom stereocenters. The smallest absolute Gasteiger partial charge is 0.284 e. The largest absolute Gasteiger partial charge is 0.496 e. The third-order valence-corrected chi connectivity index (χ3v) is 2.77. The van der Waals surface area contributed by atoms with E-state index in [1.807, 2.05) is 0 Å². The van der Waals surface area contributed by atoms with E-state index in [1.165, 1.54) is 13.2 Å². The molecule has 16 heavy (non-hydrogen) atoms. The van der Waals surface area contributed by atoms with Crippen LogP contribution in [0.25, 0.3) is 0 Å². The Balaban J connectivity index is 3.40. The number of halogens is 2. The average molecular weight is 309 g/mol. The number of nitro benzene ring substituents is 1. The zero-order chi connectivity index (χ0) is 12.3. The topological polar surface area (TPSA) is 69.4 Å². The number of hydrogen-bond donors (Lipinski definition) is 0. The molecule has 0 amide bonds. The van der Waals surface area contributed by atoms with Crippen molar-refractivity contribution in [2.24, 2.45) is 0 Å². The van der Waals surface area contributed by atoms with Gasteiger partial charge in [0.2, 0.25) is 0 Å². The fourth-order valence-corrected chi connectivity index (χ4v) is 1.75. The Morgan fingerprint density at radius 2 is 2.25 bits per heavy atom. The van der Waals surface area contributed by atoms with E-state index in [9.17, 15) is 14.9 Å². The molecule has 0 aliphatic rings. The molecule has 0 atom stereocenters. The molecule has 1 aromatic rings.